The van der Waals surface area contributed by atoms with Crippen LogP contribution in [0.5, 0.6) is 5.75 Å². The number of benzene rings is 1. The molecule has 1 aromatic rings. The van der Waals surface area contributed by atoms with Crippen molar-refractivity contribution in [3.63, 3.8) is 0 Å². The molecule has 0 aliphatic rings. The molecule has 110 valence electrons. The third-order valence-electron chi connectivity index (χ3n) is 2.92. The van der Waals surface area contributed by atoms with Crippen LogP contribution >= 0.6 is 12.4 Å². The highest BCUT2D eigenvalue weighted by Crippen LogP contribution is 2.35. The van der Waals surface area contributed by atoms with E-state index in [0.29, 0.717) is 5.75 Å². The number of hydrogen-bond acceptors (Lipinski definition) is 3. The van der Waals surface area contributed by atoms with E-state index >= 15 is 0 Å². The number of ether oxygens (including phenoxy) is 1. The van der Waals surface area contributed by atoms with Gasteiger partial charge in [-0.05, 0) is 17.5 Å². The lowest BCUT2D eigenvalue weighted by Crippen LogP contribution is -2.36. The molecule has 3 nitrogen and oxygen atoms in total. The van der Waals surface area contributed by atoms with Gasteiger partial charge < -0.3 is 15.6 Å². The van der Waals surface area contributed by atoms with Crippen LogP contribution in [-0.4, -0.2) is 24.7 Å². The smallest absolute Gasteiger partial charge is 0.289 e. The van der Waals surface area contributed by atoms with E-state index in [2.05, 4.69) is 0 Å². The number of methoxy groups -OCH3 is 1. The van der Waals surface area contributed by atoms with Gasteiger partial charge in [0.1, 0.15) is 18.4 Å². The van der Waals surface area contributed by atoms with Crippen LogP contribution in [-0.2, 0) is 0 Å². The number of rotatable bonds is 5. The lowest BCUT2D eigenvalue weighted by Gasteiger charge is -2.24. The number of aliphatic hydroxyl groups excluding tert-OH is 1. The van der Waals surface area contributed by atoms with Crippen molar-refractivity contribution >= 4 is 12.4 Å². The minimum atomic E-state index is -3.37. The lowest BCUT2D eigenvalue weighted by molar-refractivity contribution is -0.0715. The summed E-state index contributed by atoms with van der Waals surface area (Å²) in [6.07, 6.45) is 0. The fraction of sp³-hybridized carbons (Fsp3) is 0.538. The van der Waals surface area contributed by atoms with Gasteiger partial charge in [-0.15, -0.1) is 12.4 Å². The fourth-order valence-electron chi connectivity index (χ4n) is 1.68. The van der Waals surface area contributed by atoms with E-state index in [-0.39, 0.29) is 23.9 Å². The first-order chi connectivity index (χ1) is 8.33. The molecular formula is C13H20ClF2NO2. The molecule has 0 spiro atoms. The van der Waals surface area contributed by atoms with Crippen molar-refractivity contribution < 1.29 is 18.6 Å². The molecule has 0 bridgehead atoms. The first kappa shape index (κ1) is 18.1. The van der Waals surface area contributed by atoms with Crippen LogP contribution in [0.2, 0.25) is 0 Å². The Bertz CT molecular complexity index is 414. The molecule has 6 heteroatoms. The minimum absolute atomic E-state index is 0. The van der Waals surface area contributed by atoms with Gasteiger partial charge in [0.15, 0.2) is 0 Å². The average molecular weight is 296 g/mol. The van der Waals surface area contributed by atoms with Crippen LogP contribution < -0.4 is 10.5 Å². The van der Waals surface area contributed by atoms with Crippen LogP contribution in [0.3, 0.4) is 0 Å². The maximum Gasteiger partial charge on any atom is 0.289 e. The molecule has 0 amide bonds. The highest BCUT2D eigenvalue weighted by Gasteiger charge is 2.38. The zero-order valence-electron chi connectivity index (χ0n) is 11.2. The van der Waals surface area contributed by atoms with Gasteiger partial charge in [0.2, 0.25) is 0 Å². The summed E-state index contributed by atoms with van der Waals surface area (Å²) in [6, 6.07) is 3.46. The monoisotopic (exact) mass is 295 g/mol. The molecule has 1 rings (SSSR count). The Kier molecular flexibility index (Phi) is 6.69. The van der Waals surface area contributed by atoms with Gasteiger partial charge in [0, 0.05) is 5.56 Å². The van der Waals surface area contributed by atoms with Gasteiger partial charge in [-0.25, -0.2) is 8.78 Å². The van der Waals surface area contributed by atoms with Crippen LogP contribution in [0.25, 0.3) is 0 Å². The van der Waals surface area contributed by atoms with Crippen molar-refractivity contribution in [2.75, 3.05) is 13.7 Å². The van der Waals surface area contributed by atoms with Crippen molar-refractivity contribution in [2.45, 2.75) is 31.7 Å². The summed E-state index contributed by atoms with van der Waals surface area (Å²) < 4.78 is 31.9. The maximum absolute atomic E-state index is 13.5. The van der Waals surface area contributed by atoms with Crippen molar-refractivity contribution in [3.05, 3.63) is 29.3 Å². The van der Waals surface area contributed by atoms with E-state index < -0.39 is 18.6 Å². The molecule has 1 aromatic carbocycles. The summed E-state index contributed by atoms with van der Waals surface area (Å²) in [4.78, 5) is 0. The normalized spacial score (nSPS) is 13.1. The number of hydrogen-bond donors (Lipinski definition) is 2. The van der Waals surface area contributed by atoms with Crippen molar-refractivity contribution in [3.8, 4) is 5.75 Å². The molecule has 0 unspecified atom stereocenters. The first-order valence-corrected chi connectivity index (χ1v) is 5.75. The first-order valence-electron chi connectivity index (χ1n) is 5.75. The number of aliphatic hydroxyl groups is 1. The average Bonchev–Trinajstić information content (AvgIpc) is 2.36. The molecule has 0 saturated heterocycles. The standard InChI is InChI=1S/C13H19F2NO2.ClH/c1-8(2)9-4-5-11(18-3)10(6-9)12(16)13(14,15)7-17;/h4-6,8,12,17H,7,16H2,1-3H3;1H/t12-;/m1./s1. The van der Waals surface area contributed by atoms with Gasteiger partial charge in [0.25, 0.3) is 5.92 Å². The Hall–Kier alpha value is -0.910. The zero-order valence-corrected chi connectivity index (χ0v) is 12.0. The molecular weight excluding hydrogens is 276 g/mol. The molecule has 19 heavy (non-hydrogen) atoms. The van der Waals surface area contributed by atoms with E-state index in [9.17, 15) is 8.78 Å². The fourth-order valence-corrected chi connectivity index (χ4v) is 1.68. The molecule has 1 atom stereocenters. The number of alkyl halides is 2. The molecule has 0 aliphatic heterocycles. The van der Waals surface area contributed by atoms with Crippen LogP contribution in [0, 0.1) is 0 Å². The highest BCUT2D eigenvalue weighted by atomic mass is 35.5. The van der Waals surface area contributed by atoms with E-state index in [1.54, 1.807) is 12.1 Å². The van der Waals surface area contributed by atoms with Crippen LogP contribution in [0.15, 0.2) is 18.2 Å². The Balaban J connectivity index is 0.00000324. The maximum atomic E-state index is 13.5. The van der Waals surface area contributed by atoms with Gasteiger partial charge in [-0.2, -0.15) is 0 Å². The number of halogens is 3. The van der Waals surface area contributed by atoms with E-state index in [1.807, 2.05) is 19.9 Å². The minimum Gasteiger partial charge on any atom is -0.496 e. The third-order valence-corrected chi connectivity index (χ3v) is 2.92. The van der Waals surface area contributed by atoms with E-state index in [0.717, 1.165) is 5.56 Å². The molecule has 0 fully saturated rings. The molecule has 0 saturated carbocycles. The van der Waals surface area contributed by atoms with E-state index in [1.165, 1.54) is 7.11 Å². The Morgan fingerprint density at radius 1 is 1.37 bits per heavy atom. The molecule has 3 N–H and O–H groups in total. The Morgan fingerprint density at radius 2 is 1.95 bits per heavy atom. The summed E-state index contributed by atoms with van der Waals surface area (Å²) in [6.45, 7) is 2.63. The second-order valence-corrected chi connectivity index (χ2v) is 4.55. The molecule has 0 heterocycles. The Labute approximate surface area is 118 Å². The summed E-state index contributed by atoms with van der Waals surface area (Å²) in [5.41, 5.74) is 6.65. The van der Waals surface area contributed by atoms with E-state index in [4.69, 9.17) is 15.6 Å². The summed E-state index contributed by atoms with van der Waals surface area (Å²) in [5, 5.41) is 8.70. The summed E-state index contributed by atoms with van der Waals surface area (Å²) in [7, 11) is 1.40. The van der Waals surface area contributed by atoms with Crippen LogP contribution in [0.4, 0.5) is 8.78 Å². The van der Waals surface area contributed by atoms with Gasteiger partial charge in [-0.1, -0.05) is 26.0 Å². The SMILES string of the molecule is COc1ccc(C(C)C)cc1[C@@H](N)C(F)(F)CO.Cl. The lowest BCUT2D eigenvalue weighted by atomic mass is 9.94. The summed E-state index contributed by atoms with van der Waals surface area (Å²) in [5.74, 6) is -2.87. The predicted octanol–water partition coefficient (Wildman–Crippen LogP) is 2.87. The van der Waals surface area contributed by atoms with Crippen molar-refractivity contribution in [1.82, 2.24) is 0 Å². The topological polar surface area (TPSA) is 55.5 Å². The molecule has 0 aliphatic carbocycles. The zero-order chi connectivity index (χ0) is 13.9. The summed E-state index contributed by atoms with van der Waals surface area (Å²) >= 11 is 0. The second-order valence-electron chi connectivity index (χ2n) is 4.55. The number of nitrogens with two attached hydrogens (primary N) is 1. The van der Waals surface area contributed by atoms with Crippen LogP contribution in [0.1, 0.15) is 36.9 Å². The predicted molar refractivity (Wildman–Crippen MR) is 73.3 cm³/mol. The van der Waals surface area contributed by atoms with Gasteiger partial charge in [0.05, 0.1) is 7.11 Å². The second kappa shape index (κ2) is 7.03. The quantitative estimate of drug-likeness (QED) is 0.878. The van der Waals surface area contributed by atoms with Gasteiger partial charge >= 0.3 is 0 Å². The van der Waals surface area contributed by atoms with Gasteiger partial charge in [-0.3, -0.25) is 0 Å². The largest absolute Gasteiger partial charge is 0.496 e. The Morgan fingerprint density at radius 3 is 2.37 bits per heavy atom. The molecule has 0 aromatic heterocycles. The van der Waals surface area contributed by atoms with Crippen molar-refractivity contribution in [2.24, 2.45) is 5.73 Å². The van der Waals surface area contributed by atoms with Crippen molar-refractivity contribution in [1.29, 1.82) is 0 Å². The third kappa shape index (κ3) is 4.03. The highest BCUT2D eigenvalue weighted by molar-refractivity contribution is 5.85. The molecule has 0 radical (unpaired) electrons.